The van der Waals surface area contributed by atoms with Gasteiger partial charge in [0.05, 0.1) is 22.3 Å². The summed E-state index contributed by atoms with van der Waals surface area (Å²) in [6.07, 6.45) is 1.65. The van der Waals surface area contributed by atoms with Crippen LogP contribution in [0, 0.1) is 15.9 Å². The number of hydrogen-bond acceptors (Lipinski definition) is 4. The number of nitro benzene ring substituents is 1. The van der Waals surface area contributed by atoms with Gasteiger partial charge >= 0.3 is 5.69 Å². The lowest BCUT2D eigenvalue weighted by molar-refractivity contribution is -0.385. The lowest BCUT2D eigenvalue weighted by atomic mass is 10.2. The molecule has 0 saturated carbocycles. The number of nitro groups is 1. The molecule has 0 aliphatic heterocycles. The van der Waals surface area contributed by atoms with E-state index in [0.29, 0.717) is 11.3 Å². The Morgan fingerprint density at radius 1 is 1.29 bits per heavy atom. The zero-order chi connectivity index (χ0) is 15.0. The molecule has 0 saturated heterocycles. The zero-order valence-corrected chi connectivity index (χ0v) is 11.0. The molecule has 3 aromatic rings. The van der Waals surface area contributed by atoms with Crippen LogP contribution in [0.4, 0.5) is 10.1 Å². The summed E-state index contributed by atoms with van der Waals surface area (Å²) in [6, 6.07) is 8.16. The Kier molecular flexibility index (Phi) is 3.02. The fraction of sp³-hybridized carbons (Fsp3) is 0.0714. The highest BCUT2D eigenvalue weighted by atomic mass is 19.1. The van der Waals surface area contributed by atoms with E-state index < -0.39 is 10.7 Å². The summed E-state index contributed by atoms with van der Waals surface area (Å²) in [7, 11) is 1.85. The third-order valence-electron chi connectivity index (χ3n) is 3.04. The maximum atomic E-state index is 13.3. The zero-order valence-electron chi connectivity index (χ0n) is 11.0. The number of halogens is 1. The lowest BCUT2D eigenvalue weighted by Gasteiger charge is -2.06. The van der Waals surface area contributed by atoms with Crippen LogP contribution >= 0.6 is 0 Å². The van der Waals surface area contributed by atoms with Crippen molar-refractivity contribution in [2.45, 2.75) is 0 Å². The topological polar surface area (TPSA) is 70.2 Å². The van der Waals surface area contributed by atoms with Crippen LogP contribution < -0.4 is 4.74 Å². The smallest absolute Gasteiger partial charge is 0.311 e. The van der Waals surface area contributed by atoms with Crippen molar-refractivity contribution in [3.8, 4) is 11.5 Å². The molecule has 0 aliphatic rings. The van der Waals surface area contributed by atoms with Crippen LogP contribution in [0.3, 0.4) is 0 Å². The van der Waals surface area contributed by atoms with Crippen molar-refractivity contribution in [3.05, 3.63) is 58.7 Å². The average molecular weight is 287 g/mol. The molecule has 0 fully saturated rings. The van der Waals surface area contributed by atoms with E-state index in [1.165, 1.54) is 0 Å². The molecule has 0 aliphatic carbocycles. The summed E-state index contributed by atoms with van der Waals surface area (Å²) in [4.78, 5) is 14.5. The maximum absolute atomic E-state index is 13.3. The fourth-order valence-electron chi connectivity index (χ4n) is 2.03. The summed E-state index contributed by atoms with van der Waals surface area (Å²) < 4.78 is 20.5. The summed E-state index contributed by atoms with van der Waals surface area (Å²) in [5.74, 6) is -0.389. The first-order valence-corrected chi connectivity index (χ1v) is 6.07. The Balaban J connectivity index is 2.01. The van der Waals surface area contributed by atoms with Gasteiger partial charge in [-0.15, -0.1) is 0 Å². The molecule has 0 unspecified atom stereocenters. The van der Waals surface area contributed by atoms with E-state index >= 15 is 0 Å². The molecule has 3 rings (SSSR count). The molecule has 1 aromatic heterocycles. The van der Waals surface area contributed by atoms with Crippen molar-refractivity contribution in [1.29, 1.82) is 0 Å². The molecule has 21 heavy (non-hydrogen) atoms. The van der Waals surface area contributed by atoms with Crippen molar-refractivity contribution in [1.82, 2.24) is 9.55 Å². The average Bonchev–Trinajstić information content (AvgIpc) is 2.80. The van der Waals surface area contributed by atoms with E-state index in [1.54, 1.807) is 24.5 Å². The van der Waals surface area contributed by atoms with E-state index in [-0.39, 0.29) is 11.4 Å². The summed E-state index contributed by atoms with van der Waals surface area (Å²) in [6.45, 7) is 0. The summed E-state index contributed by atoms with van der Waals surface area (Å²) >= 11 is 0. The van der Waals surface area contributed by atoms with E-state index in [0.717, 1.165) is 23.7 Å². The van der Waals surface area contributed by atoms with Gasteiger partial charge in [-0.25, -0.2) is 9.37 Å². The summed E-state index contributed by atoms with van der Waals surface area (Å²) in [5.41, 5.74) is 1.29. The normalized spacial score (nSPS) is 10.8. The minimum atomic E-state index is -0.617. The van der Waals surface area contributed by atoms with Gasteiger partial charge in [0.25, 0.3) is 0 Å². The number of benzene rings is 2. The fourth-order valence-corrected chi connectivity index (χ4v) is 2.03. The largest absolute Gasteiger partial charge is 0.450 e. The van der Waals surface area contributed by atoms with E-state index in [9.17, 15) is 14.5 Å². The molecule has 0 amide bonds. The Bertz CT molecular complexity index is 845. The first kappa shape index (κ1) is 13.0. The molecule has 0 spiro atoms. The second-order valence-electron chi connectivity index (χ2n) is 4.48. The second-order valence-corrected chi connectivity index (χ2v) is 4.48. The quantitative estimate of drug-likeness (QED) is 0.546. The van der Waals surface area contributed by atoms with Gasteiger partial charge in [-0.2, -0.15) is 0 Å². The van der Waals surface area contributed by atoms with Gasteiger partial charge in [0.2, 0.25) is 5.75 Å². The van der Waals surface area contributed by atoms with Gasteiger partial charge in [0, 0.05) is 25.2 Å². The number of fused-ring (bicyclic) bond motifs is 1. The van der Waals surface area contributed by atoms with E-state index in [4.69, 9.17) is 4.74 Å². The Morgan fingerprint density at radius 2 is 2.10 bits per heavy atom. The number of nitrogens with zero attached hydrogens (tertiary/aromatic N) is 3. The van der Waals surface area contributed by atoms with Crippen molar-refractivity contribution < 1.29 is 14.1 Å². The number of imidazole rings is 1. The molecule has 7 heteroatoms. The van der Waals surface area contributed by atoms with Crippen LogP contribution in [0.1, 0.15) is 0 Å². The Morgan fingerprint density at radius 3 is 2.86 bits per heavy atom. The van der Waals surface area contributed by atoms with Gasteiger partial charge in [-0.1, -0.05) is 0 Å². The molecule has 1 heterocycles. The first-order chi connectivity index (χ1) is 10.0. The number of ether oxygens (including phenoxy) is 1. The van der Waals surface area contributed by atoms with Crippen LogP contribution in [-0.4, -0.2) is 14.5 Å². The second kappa shape index (κ2) is 4.86. The maximum Gasteiger partial charge on any atom is 0.311 e. The van der Waals surface area contributed by atoms with Gasteiger partial charge in [0.1, 0.15) is 11.6 Å². The molecule has 2 aromatic carbocycles. The highest BCUT2D eigenvalue weighted by Gasteiger charge is 2.17. The van der Waals surface area contributed by atoms with Crippen LogP contribution in [0.2, 0.25) is 0 Å². The Hall–Kier alpha value is -2.96. The lowest BCUT2D eigenvalue weighted by Crippen LogP contribution is -1.94. The van der Waals surface area contributed by atoms with Crippen LogP contribution in [-0.2, 0) is 7.05 Å². The Labute approximate surface area is 118 Å². The monoisotopic (exact) mass is 287 g/mol. The molecule has 106 valence electrons. The third kappa shape index (κ3) is 2.40. The van der Waals surface area contributed by atoms with Crippen LogP contribution in [0.15, 0.2) is 42.7 Å². The molecule has 0 radical (unpaired) electrons. The predicted molar refractivity (Wildman–Crippen MR) is 73.8 cm³/mol. The molecule has 6 nitrogen and oxygen atoms in total. The SMILES string of the molecule is Cn1cnc2cc(Oc3cc(F)ccc3[N+](=O)[O-])ccc21. The third-order valence-corrected chi connectivity index (χ3v) is 3.04. The first-order valence-electron chi connectivity index (χ1n) is 6.07. The van der Waals surface area contributed by atoms with Crippen LogP contribution in [0.5, 0.6) is 11.5 Å². The van der Waals surface area contributed by atoms with E-state index in [2.05, 4.69) is 4.98 Å². The van der Waals surface area contributed by atoms with Crippen molar-refractivity contribution in [2.24, 2.45) is 7.05 Å². The highest BCUT2D eigenvalue weighted by Crippen LogP contribution is 2.32. The number of aryl methyl sites for hydroxylation is 1. The highest BCUT2D eigenvalue weighted by molar-refractivity contribution is 5.77. The predicted octanol–water partition coefficient (Wildman–Crippen LogP) is 3.41. The molecule has 0 bridgehead atoms. The number of rotatable bonds is 3. The van der Waals surface area contributed by atoms with Crippen molar-refractivity contribution in [3.63, 3.8) is 0 Å². The van der Waals surface area contributed by atoms with Crippen molar-refractivity contribution >= 4 is 16.7 Å². The van der Waals surface area contributed by atoms with Crippen molar-refractivity contribution in [2.75, 3.05) is 0 Å². The molecular weight excluding hydrogens is 277 g/mol. The number of hydrogen-bond donors (Lipinski definition) is 0. The van der Waals surface area contributed by atoms with Crippen LogP contribution in [0.25, 0.3) is 11.0 Å². The van der Waals surface area contributed by atoms with E-state index in [1.807, 2.05) is 11.6 Å². The standard InChI is InChI=1S/C14H10FN3O3/c1-17-8-16-11-7-10(3-5-12(11)17)21-14-6-9(15)2-4-13(14)18(19)20/h2-8H,1H3. The molecule has 0 atom stereocenters. The summed E-state index contributed by atoms with van der Waals surface area (Å²) in [5, 5.41) is 10.9. The van der Waals surface area contributed by atoms with Gasteiger partial charge < -0.3 is 9.30 Å². The minimum Gasteiger partial charge on any atom is -0.450 e. The van der Waals surface area contributed by atoms with Gasteiger partial charge in [0.15, 0.2) is 0 Å². The number of aromatic nitrogens is 2. The van der Waals surface area contributed by atoms with Gasteiger partial charge in [-0.05, 0) is 18.2 Å². The molecule has 0 N–H and O–H groups in total. The molecular formula is C14H10FN3O3. The van der Waals surface area contributed by atoms with Gasteiger partial charge in [-0.3, -0.25) is 10.1 Å². The minimum absolute atomic E-state index is 0.143.